The number of rotatable bonds is 9. The number of nitrogens with one attached hydrogen (secondary N) is 1. The summed E-state index contributed by atoms with van der Waals surface area (Å²) in [6.07, 6.45) is 4.18. The average Bonchev–Trinajstić information content (AvgIpc) is 3.23. The zero-order valence-electron chi connectivity index (χ0n) is 17.9. The molecule has 2 unspecified atom stereocenters. The van der Waals surface area contributed by atoms with Gasteiger partial charge in [-0.2, -0.15) is 0 Å². The molecule has 8 nitrogen and oxygen atoms in total. The summed E-state index contributed by atoms with van der Waals surface area (Å²) < 4.78 is 5.82. The van der Waals surface area contributed by atoms with Gasteiger partial charge in [-0.15, -0.1) is 0 Å². The topological polar surface area (TPSA) is 116 Å². The van der Waals surface area contributed by atoms with Gasteiger partial charge >= 0.3 is 11.9 Å². The van der Waals surface area contributed by atoms with Crippen LogP contribution in [0.1, 0.15) is 44.6 Å². The van der Waals surface area contributed by atoms with Crippen molar-refractivity contribution in [3.63, 3.8) is 0 Å². The molecule has 1 amide bonds. The van der Waals surface area contributed by atoms with Gasteiger partial charge in [-0.1, -0.05) is 30.3 Å². The first kappa shape index (κ1) is 23.2. The van der Waals surface area contributed by atoms with Gasteiger partial charge in [0.25, 0.3) is 0 Å². The fraction of sp³-hybridized carbons (Fsp3) is 0.609. The maximum absolute atomic E-state index is 13.1. The van der Waals surface area contributed by atoms with Crippen molar-refractivity contribution < 1.29 is 29.3 Å². The zero-order chi connectivity index (χ0) is 22.4. The second kappa shape index (κ2) is 10.7. The van der Waals surface area contributed by atoms with Crippen LogP contribution in [0.3, 0.4) is 0 Å². The van der Waals surface area contributed by atoms with Crippen LogP contribution in [0.25, 0.3) is 0 Å². The van der Waals surface area contributed by atoms with Crippen molar-refractivity contribution in [1.82, 2.24) is 10.2 Å². The van der Waals surface area contributed by atoms with Crippen molar-refractivity contribution in [3.8, 4) is 0 Å². The number of benzene rings is 1. The largest absolute Gasteiger partial charge is 0.480 e. The highest BCUT2D eigenvalue weighted by molar-refractivity contribution is 5.88. The molecule has 8 heteroatoms. The molecule has 170 valence electrons. The van der Waals surface area contributed by atoms with Crippen LogP contribution in [0.5, 0.6) is 0 Å². The smallest absolute Gasteiger partial charge is 0.326 e. The molecular formula is C23H32N2O6. The lowest BCUT2D eigenvalue weighted by Gasteiger charge is -2.29. The Balaban J connectivity index is 1.61. The summed E-state index contributed by atoms with van der Waals surface area (Å²) in [5.41, 5.74) is 1.02. The van der Waals surface area contributed by atoms with Crippen LogP contribution in [0.15, 0.2) is 30.3 Å². The monoisotopic (exact) mass is 432 g/mol. The van der Waals surface area contributed by atoms with Crippen LogP contribution in [-0.4, -0.2) is 70.3 Å². The van der Waals surface area contributed by atoms with E-state index in [4.69, 9.17) is 4.74 Å². The van der Waals surface area contributed by atoms with E-state index in [1.165, 1.54) is 4.90 Å². The van der Waals surface area contributed by atoms with E-state index in [1.807, 2.05) is 30.3 Å². The summed E-state index contributed by atoms with van der Waals surface area (Å²) in [6.45, 7) is 2.60. The van der Waals surface area contributed by atoms with Gasteiger partial charge in [0.1, 0.15) is 12.1 Å². The number of carbonyl (C=O) groups excluding carboxylic acids is 1. The summed E-state index contributed by atoms with van der Waals surface area (Å²) in [7, 11) is 0. The molecule has 2 heterocycles. The van der Waals surface area contributed by atoms with Gasteiger partial charge in [-0.05, 0) is 51.0 Å². The lowest BCUT2D eigenvalue weighted by Crippen LogP contribution is -2.53. The lowest BCUT2D eigenvalue weighted by atomic mass is 9.93. The van der Waals surface area contributed by atoms with Gasteiger partial charge in [0.05, 0.1) is 12.1 Å². The Morgan fingerprint density at radius 3 is 2.55 bits per heavy atom. The molecule has 2 fully saturated rings. The summed E-state index contributed by atoms with van der Waals surface area (Å²) in [4.78, 5) is 38.0. The molecule has 0 aliphatic carbocycles. The van der Waals surface area contributed by atoms with Crippen LogP contribution < -0.4 is 5.32 Å². The van der Waals surface area contributed by atoms with Gasteiger partial charge < -0.3 is 19.8 Å². The average molecular weight is 433 g/mol. The van der Waals surface area contributed by atoms with Crippen LogP contribution >= 0.6 is 0 Å². The third kappa shape index (κ3) is 6.04. The minimum absolute atomic E-state index is 0.00842. The summed E-state index contributed by atoms with van der Waals surface area (Å²) in [6, 6.07) is 6.96. The molecule has 2 aliphatic heterocycles. The number of ether oxygens (including phenoxy) is 1. The van der Waals surface area contributed by atoms with Gasteiger partial charge in [0, 0.05) is 19.1 Å². The van der Waals surface area contributed by atoms with Crippen molar-refractivity contribution in [2.75, 3.05) is 13.2 Å². The van der Waals surface area contributed by atoms with Gasteiger partial charge in [0.2, 0.25) is 5.91 Å². The number of aliphatic carboxylic acids is 2. The molecule has 3 rings (SSSR count). The second-order valence-electron chi connectivity index (χ2n) is 8.55. The van der Waals surface area contributed by atoms with Crippen LogP contribution in [0.4, 0.5) is 0 Å². The van der Waals surface area contributed by atoms with Crippen molar-refractivity contribution in [1.29, 1.82) is 0 Å². The predicted molar refractivity (Wildman–Crippen MR) is 114 cm³/mol. The highest BCUT2D eigenvalue weighted by atomic mass is 16.5. The van der Waals surface area contributed by atoms with Crippen LogP contribution in [-0.2, 0) is 25.5 Å². The first-order valence-electron chi connectivity index (χ1n) is 11.0. The Kier molecular flexibility index (Phi) is 8.03. The number of hydrogen-bond acceptors (Lipinski definition) is 5. The molecule has 1 aromatic carbocycles. The van der Waals surface area contributed by atoms with Gasteiger partial charge in [-0.3, -0.25) is 14.9 Å². The van der Waals surface area contributed by atoms with E-state index in [1.54, 1.807) is 6.92 Å². The molecule has 2 saturated heterocycles. The Bertz CT molecular complexity index is 765. The third-order valence-corrected chi connectivity index (χ3v) is 6.33. The Morgan fingerprint density at radius 2 is 1.94 bits per heavy atom. The fourth-order valence-corrected chi connectivity index (χ4v) is 4.61. The minimum atomic E-state index is -1.03. The van der Waals surface area contributed by atoms with E-state index in [-0.39, 0.29) is 17.9 Å². The van der Waals surface area contributed by atoms with Crippen molar-refractivity contribution >= 4 is 17.8 Å². The maximum atomic E-state index is 13.1. The molecule has 0 aromatic heterocycles. The molecular weight excluding hydrogens is 400 g/mol. The highest BCUT2D eigenvalue weighted by Gasteiger charge is 2.44. The summed E-state index contributed by atoms with van der Waals surface area (Å²) >= 11 is 0. The Hall–Kier alpha value is -2.45. The standard InChI is InChI=1S/C23H32N2O6/c1-15(24-18(22(27)28)11-10-16-7-3-2-4-8-16)21(26)25-14-17(13-19(25)23(29)30)20-9-5-6-12-31-20/h2-4,7-8,15,17-20,24H,5-6,9-14H2,1H3,(H,27,28)(H,29,30)/t15-,17-,18?,19-,20?/m0/s1. The van der Waals surface area contributed by atoms with E-state index in [9.17, 15) is 24.6 Å². The molecule has 2 aliphatic rings. The van der Waals surface area contributed by atoms with Gasteiger partial charge in [-0.25, -0.2) is 4.79 Å². The third-order valence-electron chi connectivity index (χ3n) is 6.33. The van der Waals surface area contributed by atoms with Crippen molar-refractivity contribution in [3.05, 3.63) is 35.9 Å². The molecule has 0 saturated carbocycles. The van der Waals surface area contributed by atoms with Crippen molar-refractivity contribution in [2.24, 2.45) is 5.92 Å². The van der Waals surface area contributed by atoms with Crippen LogP contribution in [0.2, 0.25) is 0 Å². The van der Waals surface area contributed by atoms with Crippen LogP contribution in [0, 0.1) is 5.92 Å². The van der Waals surface area contributed by atoms with E-state index < -0.39 is 30.1 Å². The molecule has 0 bridgehead atoms. The first-order chi connectivity index (χ1) is 14.9. The predicted octanol–water partition coefficient (Wildman–Crippen LogP) is 1.92. The normalized spacial score (nSPS) is 25.7. The van der Waals surface area contributed by atoms with E-state index in [0.717, 1.165) is 24.8 Å². The number of aryl methyl sites for hydroxylation is 1. The maximum Gasteiger partial charge on any atom is 0.326 e. The molecule has 0 radical (unpaired) electrons. The van der Waals surface area contributed by atoms with Crippen molar-refractivity contribution in [2.45, 2.75) is 69.7 Å². The van der Waals surface area contributed by atoms with Gasteiger partial charge in [0.15, 0.2) is 0 Å². The molecule has 5 atom stereocenters. The fourth-order valence-electron chi connectivity index (χ4n) is 4.61. The number of carboxylic acid groups (broad SMARTS) is 2. The quantitative estimate of drug-likeness (QED) is 0.546. The second-order valence-corrected chi connectivity index (χ2v) is 8.55. The van der Waals surface area contributed by atoms with E-state index >= 15 is 0 Å². The molecule has 31 heavy (non-hydrogen) atoms. The number of nitrogens with zero attached hydrogens (tertiary/aromatic N) is 1. The minimum Gasteiger partial charge on any atom is -0.480 e. The molecule has 1 aromatic rings. The summed E-state index contributed by atoms with van der Waals surface area (Å²) in [5, 5.41) is 22.2. The highest BCUT2D eigenvalue weighted by Crippen LogP contribution is 2.32. The van der Waals surface area contributed by atoms with E-state index in [0.29, 0.717) is 32.4 Å². The Labute approximate surface area is 182 Å². The summed E-state index contributed by atoms with van der Waals surface area (Å²) in [5.74, 6) is -2.44. The number of amides is 1. The number of hydrogen-bond donors (Lipinski definition) is 3. The number of carbonyl (C=O) groups is 3. The Morgan fingerprint density at radius 1 is 1.19 bits per heavy atom. The first-order valence-corrected chi connectivity index (χ1v) is 11.0. The zero-order valence-corrected chi connectivity index (χ0v) is 17.9. The number of likely N-dealkylation sites (tertiary alicyclic amines) is 1. The lowest BCUT2D eigenvalue weighted by molar-refractivity contribution is -0.149. The SMILES string of the molecule is C[C@H](NC(CCc1ccccc1)C(=O)O)C(=O)N1C[C@@H](C2CCCCO2)C[C@H]1C(=O)O. The molecule has 3 N–H and O–H groups in total. The molecule has 0 spiro atoms. The van der Waals surface area contributed by atoms with E-state index in [2.05, 4.69) is 5.32 Å². The number of carboxylic acids is 2.